The average molecular weight is 365 g/mol. The lowest BCUT2D eigenvalue weighted by atomic mass is 9.87. The van der Waals surface area contributed by atoms with Crippen LogP contribution in [0.25, 0.3) is 0 Å². The van der Waals surface area contributed by atoms with E-state index in [2.05, 4.69) is 27.9 Å². The normalized spacial score (nSPS) is 20.9. The second-order valence-corrected chi connectivity index (χ2v) is 7.29. The summed E-state index contributed by atoms with van der Waals surface area (Å²) in [5.41, 5.74) is 1.72. The molecule has 25 heavy (non-hydrogen) atoms. The maximum atomic E-state index is 12.1. The molecule has 1 saturated carbocycles. The number of aliphatic imine (C=N–C) groups is 1. The van der Waals surface area contributed by atoms with E-state index in [1.54, 1.807) is 7.05 Å². The van der Waals surface area contributed by atoms with Crippen molar-refractivity contribution < 1.29 is 4.79 Å². The fourth-order valence-corrected chi connectivity index (χ4v) is 3.30. The van der Waals surface area contributed by atoms with Gasteiger partial charge in [0.05, 0.1) is 10.7 Å². The van der Waals surface area contributed by atoms with Crippen LogP contribution in [0, 0.1) is 12.8 Å². The van der Waals surface area contributed by atoms with Gasteiger partial charge in [0.15, 0.2) is 5.96 Å². The summed E-state index contributed by atoms with van der Waals surface area (Å²) in [5.74, 6) is 1.52. The molecule has 0 spiro atoms. The second-order valence-electron chi connectivity index (χ2n) is 6.88. The molecule has 0 heterocycles. The summed E-state index contributed by atoms with van der Waals surface area (Å²) in [6.45, 7) is 4.80. The molecular formula is C19H29ClN4O. The number of amides is 1. The first kappa shape index (κ1) is 19.6. The Morgan fingerprint density at radius 1 is 1.28 bits per heavy atom. The quantitative estimate of drug-likeness (QED) is 0.551. The lowest BCUT2D eigenvalue weighted by molar-refractivity contribution is -0.116. The van der Waals surface area contributed by atoms with E-state index in [0.717, 1.165) is 17.4 Å². The third-order valence-corrected chi connectivity index (χ3v) is 4.94. The Labute approximate surface area is 155 Å². The number of hydrogen-bond acceptors (Lipinski definition) is 2. The Morgan fingerprint density at radius 2 is 2.00 bits per heavy atom. The number of rotatable bonds is 5. The van der Waals surface area contributed by atoms with Gasteiger partial charge in [0.2, 0.25) is 5.91 Å². The molecule has 0 aliphatic heterocycles. The first-order valence-corrected chi connectivity index (χ1v) is 9.39. The molecule has 0 bridgehead atoms. The van der Waals surface area contributed by atoms with Gasteiger partial charge in [0.1, 0.15) is 0 Å². The third-order valence-electron chi connectivity index (χ3n) is 4.62. The fourth-order valence-electron chi connectivity index (χ4n) is 3.02. The molecule has 1 fully saturated rings. The zero-order valence-electron chi connectivity index (χ0n) is 15.4. The van der Waals surface area contributed by atoms with E-state index in [1.165, 1.54) is 25.7 Å². The maximum Gasteiger partial charge on any atom is 0.226 e. The molecule has 1 amide bonds. The number of carbonyl (C=O) groups excluding carboxylic acids is 1. The van der Waals surface area contributed by atoms with Crippen molar-refractivity contribution in [2.45, 2.75) is 52.0 Å². The molecule has 1 aromatic carbocycles. The second kappa shape index (κ2) is 9.66. The van der Waals surface area contributed by atoms with E-state index >= 15 is 0 Å². The van der Waals surface area contributed by atoms with Crippen molar-refractivity contribution in [2.75, 3.05) is 18.9 Å². The smallest absolute Gasteiger partial charge is 0.226 e. The minimum absolute atomic E-state index is 0.0693. The number of aryl methyl sites for hydroxylation is 1. The van der Waals surface area contributed by atoms with Gasteiger partial charge in [-0.05, 0) is 56.2 Å². The highest BCUT2D eigenvalue weighted by Gasteiger charge is 2.18. The number of carbonyl (C=O) groups is 1. The number of guanidine groups is 1. The van der Waals surface area contributed by atoms with Gasteiger partial charge in [-0.3, -0.25) is 9.79 Å². The van der Waals surface area contributed by atoms with Gasteiger partial charge in [-0.2, -0.15) is 0 Å². The molecule has 1 aliphatic carbocycles. The Balaban J connectivity index is 1.72. The minimum Gasteiger partial charge on any atom is -0.356 e. The predicted molar refractivity (Wildman–Crippen MR) is 105 cm³/mol. The van der Waals surface area contributed by atoms with Crippen LogP contribution in [0.5, 0.6) is 0 Å². The van der Waals surface area contributed by atoms with E-state index in [9.17, 15) is 4.79 Å². The van der Waals surface area contributed by atoms with Crippen LogP contribution in [0.4, 0.5) is 5.69 Å². The standard InChI is InChI=1S/C19H29ClN4O/c1-13-4-7-15(8-5-13)23-19(21-3)22-11-10-18(25)24-17-9-6-14(2)12-16(17)20/h6,9,12-13,15H,4-5,7-8,10-11H2,1-3H3,(H,24,25)(H2,21,22,23). The first-order chi connectivity index (χ1) is 12.0. The van der Waals surface area contributed by atoms with E-state index < -0.39 is 0 Å². The van der Waals surface area contributed by atoms with E-state index in [-0.39, 0.29) is 5.91 Å². The van der Waals surface area contributed by atoms with Crippen LogP contribution in [0.2, 0.25) is 5.02 Å². The zero-order valence-corrected chi connectivity index (χ0v) is 16.1. The lowest BCUT2D eigenvalue weighted by Crippen LogP contribution is -2.45. The van der Waals surface area contributed by atoms with Crippen LogP contribution in [-0.2, 0) is 4.79 Å². The average Bonchev–Trinajstić information content (AvgIpc) is 2.58. The van der Waals surface area contributed by atoms with Crippen LogP contribution >= 0.6 is 11.6 Å². The number of hydrogen-bond donors (Lipinski definition) is 3. The highest BCUT2D eigenvalue weighted by molar-refractivity contribution is 6.33. The largest absolute Gasteiger partial charge is 0.356 e. The van der Waals surface area contributed by atoms with Crippen LogP contribution < -0.4 is 16.0 Å². The van der Waals surface area contributed by atoms with Crippen LogP contribution in [0.15, 0.2) is 23.2 Å². The van der Waals surface area contributed by atoms with Crippen molar-refractivity contribution in [3.8, 4) is 0 Å². The Morgan fingerprint density at radius 3 is 2.64 bits per heavy atom. The van der Waals surface area contributed by atoms with E-state index in [4.69, 9.17) is 11.6 Å². The van der Waals surface area contributed by atoms with Crippen molar-refractivity contribution in [3.05, 3.63) is 28.8 Å². The summed E-state index contributed by atoms with van der Waals surface area (Å²) in [6, 6.07) is 6.07. The number of nitrogens with one attached hydrogen (secondary N) is 3. The predicted octanol–water partition coefficient (Wildman–Crippen LogP) is 3.72. The van der Waals surface area contributed by atoms with Gasteiger partial charge in [0, 0.05) is 26.1 Å². The lowest BCUT2D eigenvalue weighted by Gasteiger charge is -2.28. The van der Waals surface area contributed by atoms with E-state index in [1.807, 2.05) is 25.1 Å². The number of benzene rings is 1. The third kappa shape index (κ3) is 6.58. The zero-order chi connectivity index (χ0) is 18.2. The summed E-state index contributed by atoms with van der Waals surface area (Å²) in [5, 5.41) is 10.1. The Bertz CT molecular complexity index is 609. The van der Waals surface area contributed by atoms with Gasteiger partial charge < -0.3 is 16.0 Å². The number of halogens is 1. The molecule has 0 radical (unpaired) electrons. The van der Waals surface area contributed by atoms with Gasteiger partial charge >= 0.3 is 0 Å². The summed E-state index contributed by atoms with van der Waals surface area (Å²) in [4.78, 5) is 16.3. The molecule has 3 N–H and O–H groups in total. The Hall–Kier alpha value is -1.75. The van der Waals surface area contributed by atoms with Crippen molar-refractivity contribution in [3.63, 3.8) is 0 Å². The summed E-state index contributed by atoms with van der Waals surface area (Å²) in [7, 11) is 1.76. The van der Waals surface area contributed by atoms with Crippen LogP contribution in [0.1, 0.15) is 44.6 Å². The fraction of sp³-hybridized carbons (Fsp3) is 0.579. The highest BCUT2D eigenvalue weighted by Crippen LogP contribution is 2.23. The van der Waals surface area contributed by atoms with Gasteiger partial charge in [-0.1, -0.05) is 24.6 Å². The molecule has 1 aromatic rings. The Kier molecular flexibility index (Phi) is 7.56. The molecule has 0 unspecified atom stereocenters. The van der Waals surface area contributed by atoms with Gasteiger partial charge in [-0.25, -0.2) is 0 Å². The molecule has 5 nitrogen and oxygen atoms in total. The molecule has 1 aliphatic rings. The SMILES string of the molecule is CN=C(NCCC(=O)Nc1ccc(C)cc1Cl)NC1CCC(C)CC1. The monoisotopic (exact) mass is 364 g/mol. The summed E-state index contributed by atoms with van der Waals surface area (Å²) in [6.07, 6.45) is 5.22. The number of anilines is 1. The van der Waals surface area contributed by atoms with E-state index in [0.29, 0.717) is 29.7 Å². The van der Waals surface area contributed by atoms with Crippen LogP contribution in [-0.4, -0.2) is 31.5 Å². The summed E-state index contributed by atoms with van der Waals surface area (Å²) < 4.78 is 0. The minimum atomic E-state index is -0.0693. The topological polar surface area (TPSA) is 65.5 Å². The first-order valence-electron chi connectivity index (χ1n) is 9.01. The van der Waals surface area contributed by atoms with Crippen LogP contribution in [0.3, 0.4) is 0 Å². The van der Waals surface area contributed by atoms with Crippen molar-refractivity contribution in [1.29, 1.82) is 0 Å². The molecule has 6 heteroatoms. The molecule has 0 atom stereocenters. The van der Waals surface area contributed by atoms with Crippen molar-refractivity contribution >= 4 is 29.2 Å². The number of nitrogens with zero attached hydrogens (tertiary/aromatic N) is 1. The molecule has 0 aromatic heterocycles. The van der Waals surface area contributed by atoms with Gasteiger partial charge in [-0.15, -0.1) is 0 Å². The molecule has 0 saturated heterocycles. The summed E-state index contributed by atoms with van der Waals surface area (Å²) >= 11 is 6.14. The van der Waals surface area contributed by atoms with Gasteiger partial charge in [0.25, 0.3) is 0 Å². The molecule has 138 valence electrons. The van der Waals surface area contributed by atoms with Crippen molar-refractivity contribution in [2.24, 2.45) is 10.9 Å². The molecular weight excluding hydrogens is 336 g/mol. The molecule has 2 rings (SSSR count). The van der Waals surface area contributed by atoms with Crippen molar-refractivity contribution in [1.82, 2.24) is 10.6 Å². The maximum absolute atomic E-state index is 12.1. The highest BCUT2D eigenvalue weighted by atomic mass is 35.5.